The van der Waals surface area contributed by atoms with Gasteiger partial charge in [-0.15, -0.1) is 0 Å². The van der Waals surface area contributed by atoms with Crippen molar-refractivity contribution in [3.8, 4) is 16.9 Å². The first-order valence-corrected chi connectivity index (χ1v) is 8.68. The third kappa shape index (κ3) is 3.92. The zero-order valence-corrected chi connectivity index (χ0v) is 15.3. The molecule has 2 aromatic carbocycles. The van der Waals surface area contributed by atoms with Crippen LogP contribution in [-0.2, 0) is 9.53 Å². The number of carbonyl (C=O) groups excluding carboxylic acids is 1. The van der Waals surface area contributed by atoms with Gasteiger partial charge in [0.2, 0.25) is 6.79 Å². The van der Waals surface area contributed by atoms with Gasteiger partial charge in [0.05, 0.1) is 5.52 Å². The SMILES string of the molecule is C=CC(=O)OCOc1ccc2cc(-c3ccccc3)c(=O)n(C(C)C)c2c1. The molecule has 5 heteroatoms. The van der Waals surface area contributed by atoms with Gasteiger partial charge in [-0.1, -0.05) is 36.9 Å². The minimum atomic E-state index is -0.553. The highest BCUT2D eigenvalue weighted by Gasteiger charge is 2.14. The number of pyridine rings is 1. The van der Waals surface area contributed by atoms with Crippen LogP contribution in [0.5, 0.6) is 5.75 Å². The molecule has 5 nitrogen and oxygen atoms in total. The molecule has 3 aromatic rings. The Labute approximate surface area is 157 Å². The fourth-order valence-corrected chi connectivity index (χ4v) is 2.95. The molecule has 0 N–H and O–H groups in total. The van der Waals surface area contributed by atoms with E-state index in [4.69, 9.17) is 9.47 Å². The summed E-state index contributed by atoms with van der Waals surface area (Å²) in [6, 6.07) is 16.9. The van der Waals surface area contributed by atoms with Gasteiger partial charge in [-0.05, 0) is 43.0 Å². The van der Waals surface area contributed by atoms with Crippen LogP contribution >= 0.6 is 0 Å². The van der Waals surface area contributed by atoms with Crippen molar-refractivity contribution in [3.05, 3.63) is 77.6 Å². The van der Waals surface area contributed by atoms with E-state index in [2.05, 4.69) is 6.58 Å². The number of hydrogen-bond acceptors (Lipinski definition) is 4. The maximum Gasteiger partial charge on any atom is 0.333 e. The molecule has 0 spiro atoms. The summed E-state index contributed by atoms with van der Waals surface area (Å²) >= 11 is 0. The zero-order chi connectivity index (χ0) is 19.4. The molecule has 0 aliphatic heterocycles. The second-order valence-corrected chi connectivity index (χ2v) is 6.34. The Morgan fingerprint density at radius 2 is 1.89 bits per heavy atom. The van der Waals surface area contributed by atoms with Crippen molar-refractivity contribution in [2.45, 2.75) is 19.9 Å². The van der Waals surface area contributed by atoms with Crippen LogP contribution in [0.2, 0.25) is 0 Å². The molecular weight excluding hydrogens is 342 g/mol. The van der Waals surface area contributed by atoms with Crippen molar-refractivity contribution in [1.82, 2.24) is 4.57 Å². The van der Waals surface area contributed by atoms with Gasteiger partial charge >= 0.3 is 5.97 Å². The lowest BCUT2D eigenvalue weighted by Gasteiger charge is -2.17. The normalized spacial score (nSPS) is 10.8. The van der Waals surface area contributed by atoms with Crippen molar-refractivity contribution >= 4 is 16.9 Å². The van der Waals surface area contributed by atoms with Crippen molar-refractivity contribution in [2.75, 3.05) is 6.79 Å². The monoisotopic (exact) mass is 363 g/mol. The molecule has 0 radical (unpaired) electrons. The third-order valence-corrected chi connectivity index (χ3v) is 4.21. The first-order chi connectivity index (χ1) is 13.0. The Bertz CT molecular complexity index is 1040. The summed E-state index contributed by atoms with van der Waals surface area (Å²) in [5, 5.41) is 0.928. The van der Waals surface area contributed by atoms with Gasteiger partial charge < -0.3 is 14.0 Å². The summed E-state index contributed by atoms with van der Waals surface area (Å²) in [7, 11) is 0. The highest BCUT2D eigenvalue weighted by molar-refractivity contribution is 5.85. The van der Waals surface area contributed by atoms with Crippen LogP contribution in [0.1, 0.15) is 19.9 Å². The number of benzene rings is 2. The zero-order valence-electron chi connectivity index (χ0n) is 15.3. The standard InChI is InChI=1S/C22H21NO4/c1-4-21(24)27-14-26-18-11-10-17-12-19(16-8-6-5-7-9-16)22(25)23(15(2)3)20(17)13-18/h4-13,15H,1,14H2,2-3H3. The van der Waals surface area contributed by atoms with Gasteiger partial charge in [0.15, 0.2) is 0 Å². The molecule has 138 valence electrons. The molecule has 0 atom stereocenters. The van der Waals surface area contributed by atoms with Gasteiger partial charge in [0, 0.05) is 23.7 Å². The van der Waals surface area contributed by atoms with Gasteiger partial charge in [0.25, 0.3) is 5.56 Å². The first-order valence-electron chi connectivity index (χ1n) is 8.68. The summed E-state index contributed by atoms with van der Waals surface area (Å²) in [5.41, 5.74) is 2.25. The summed E-state index contributed by atoms with van der Waals surface area (Å²) < 4.78 is 12.1. The smallest absolute Gasteiger partial charge is 0.333 e. The van der Waals surface area contributed by atoms with E-state index in [1.54, 1.807) is 16.7 Å². The summed E-state index contributed by atoms with van der Waals surface area (Å²) in [6.07, 6.45) is 1.07. The molecule has 0 amide bonds. The Kier molecular flexibility index (Phi) is 5.41. The van der Waals surface area contributed by atoms with E-state index in [-0.39, 0.29) is 18.4 Å². The Morgan fingerprint density at radius 3 is 2.56 bits per heavy atom. The van der Waals surface area contributed by atoms with E-state index in [0.29, 0.717) is 11.3 Å². The van der Waals surface area contributed by atoms with Crippen molar-refractivity contribution in [3.63, 3.8) is 0 Å². The van der Waals surface area contributed by atoms with Crippen molar-refractivity contribution in [2.24, 2.45) is 0 Å². The molecule has 0 saturated heterocycles. The largest absolute Gasteiger partial charge is 0.457 e. The Morgan fingerprint density at radius 1 is 1.15 bits per heavy atom. The van der Waals surface area contributed by atoms with E-state index in [1.165, 1.54) is 0 Å². The first kappa shape index (κ1) is 18.5. The number of hydrogen-bond donors (Lipinski definition) is 0. The van der Waals surface area contributed by atoms with Crippen LogP contribution in [0.4, 0.5) is 0 Å². The van der Waals surface area contributed by atoms with Gasteiger partial charge in [-0.25, -0.2) is 4.79 Å². The quantitative estimate of drug-likeness (QED) is 0.372. The number of aromatic nitrogens is 1. The number of nitrogens with zero attached hydrogens (tertiary/aromatic N) is 1. The third-order valence-electron chi connectivity index (χ3n) is 4.21. The van der Waals surface area contributed by atoms with Crippen LogP contribution in [0.15, 0.2) is 72.0 Å². The lowest BCUT2D eigenvalue weighted by atomic mass is 10.0. The molecule has 0 bridgehead atoms. The summed E-state index contributed by atoms with van der Waals surface area (Å²) in [5.74, 6) is -0.0389. The van der Waals surface area contributed by atoms with Crippen LogP contribution in [-0.4, -0.2) is 17.3 Å². The number of ether oxygens (including phenoxy) is 2. The Hall–Kier alpha value is -3.34. The average molecular weight is 363 g/mol. The number of fused-ring (bicyclic) bond motifs is 1. The molecule has 0 fully saturated rings. The molecular formula is C22H21NO4. The molecule has 0 saturated carbocycles. The lowest BCUT2D eigenvalue weighted by molar-refractivity contribution is -0.144. The number of esters is 1. The second kappa shape index (κ2) is 7.91. The van der Waals surface area contributed by atoms with Gasteiger partial charge in [0.1, 0.15) is 5.75 Å². The highest BCUT2D eigenvalue weighted by Crippen LogP contribution is 2.26. The maximum atomic E-state index is 13.1. The van der Waals surface area contributed by atoms with Crippen molar-refractivity contribution < 1.29 is 14.3 Å². The van der Waals surface area contributed by atoms with Gasteiger partial charge in [-0.3, -0.25) is 4.79 Å². The average Bonchev–Trinajstić information content (AvgIpc) is 2.67. The topological polar surface area (TPSA) is 57.5 Å². The maximum absolute atomic E-state index is 13.1. The lowest BCUT2D eigenvalue weighted by Crippen LogP contribution is -2.23. The molecule has 27 heavy (non-hydrogen) atoms. The molecule has 1 aromatic heterocycles. The van der Waals surface area contributed by atoms with Crippen LogP contribution < -0.4 is 10.3 Å². The minimum absolute atomic E-state index is 0.0301. The van der Waals surface area contributed by atoms with E-state index >= 15 is 0 Å². The molecule has 0 unspecified atom stereocenters. The Balaban J connectivity index is 2.06. The van der Waals surface area contributed by atoms with E-state index < -0.39 is 5.97 Å². The van der Waals surface area contributed by atoms with Crippen LogP contribution in [0, 0.1) is 0 Å². The molecule has 0 aliphatic carbocycles. The van der Waals surface area contributed by atoms with Gasteiger partial charge in [-0.2, -0.15) is 0 Å². The van der Waals surface area contributed by atoms with E-state index in [1.807, 2.05) is 56.3 Å². The highest BCUT2D eigenvalue weighted by atomic mass is 16.7. The summed E-state index contributed by atoms with van der Waals surface area (Å²) in [4.78, 5) is 24.2. The predicted octanol–water partition coefficient (Wildman–Crippen LogP) is 4.31. The molecule has 0 aliphatic rings. The second-order valence-electron chi connectivity index (χ2n) is 6.34. The molecule has 3 rings (SSSR count). The number of carbonyl (C=O) groups is 1. The fraction of sp³-hybridized carbons (Fsp3) is 0.182. The van der Waals surface area contributed by atoms with Crippen LogP contribution in [0.25, 0.3) is 22.0 Å². The number of rotatable bonds is 6. The van der Waals surface area contributed by atoms with E-state index in [9.17, 15) is 9.59 Å². The predicted molar refractivity (Wildman–Crippen MR) is 106 cm³/mol. The van der Waals surface area contributed by atoms with E-state index in [0.717, 1.165) is 22.5 Å². The van der Waals surface area contributed by atoms with Crippen molar-refractivity contribution in [1.29, 1.82) is 0 Å². The summed E-state index contributed by atoms with van der Waals surface area (Å²) in [6.45, 7) is 7.05. The fourth-order valence-electron chi connectivity index (χ4n) is 2.95. The van der Waals surface area contributed by atoms with Crippen LogP contribution in [0.3, 0.4) is 0 Å². The molecule has 1 heterocycles. The minimum Gasteiger partial charge on any atom is -0.457 e.